The van der Waals surface area contributed by atoms with Crippen molar-refractivity contribution in [3.8, 4) is 0 Å². The molecule has 2 bridgehead atoms. The summed E-state index contributed by atoms with van der Waals surface area (Å²) in [5.41, 5.74) is 1.43. The van der Waals surface area contributed by atoms with Gasteiger partial charge in [-0.2, -0.15) is 0 Å². The van der Waals surface area contributed by atoms with E-state index in [9.17, 15) is 20.4 Å². The summed E-state index contributed by atoms with van der Waals surface area (Å²) in [4.78, 5) is 4.28. The molecule has 6 nitrogen and oxygen atoms in total. The van der Waals surface area contributed by atoms with Crippen molar-refractivity contribution >= 4 is 10.8 Å². The lowest BCUT2D eigenvalue weighted by molar-refractivity contribution is -0.176. The van der Waals surface area contributed by atoms with Crippen LogP contribution in [0.3, 0.4) is 0 Å². The molecule has 3 fully saturated rings. The molecule has 0 radical (unpaired) electrons. The number of allylic oxidation sites excluding steroid dienone is 1. The minimum absolute atomic E-state index is 0.0239. The smallest absolute Gasteiger partial charge is 0.110 e. The van der Waals surface area contributed by atoms with Gasteiger partial charge in [-0.3, -0.25) is 4.98 Å². The van der Waals surface area contributed by atoms with Crippen LogP contribution < -0.4 is 0 Å². The monoisotopic (exact) mass is 461 g/mol. The van der Waals surface area contributed by atoms with Crippen LogP contribution in [0.4, 0.5) is 0 Å². The first-order chi connectivity index (χ1) is 16.3. The van der Waals surface area contributed by atoms with Crippen LogP contribution in [0.15, 0.2) is 60.0 Å². The summed E-state index contributed by atoms with van der Waals surface area (Å²) in [6.45, 7) is 2.29. The molecule has 2 saturated carbocycles. The molecular weight excluding hydrogens is 430 g/mol. The lowest BCUT2D eigenvalue weighted by Gasteiger charge is -2.55. The van der Waals surface area contributed by atoms with Crippen LogP contribution in [0.1, 0.15) is 50.5 Å². The van der Waals surface area contributed by atoms with E-state index in [-0.39, 0.29) is 17.3 Å². The average molecular weight is 462 g/mol. The molecule has 1 aromatic carbocycles. The summed E-state index contributed by atoms with van der Waals surface area (Å²) < 4.78 is 6.96. The van der Waals surface area contributed by atoms with Gasteiger partial charge < -0.3 is 25.2 Å². The Bertz CT molecular complexity index is 1260. The van der Waals surface area contributed by atoms with Gasteiger partial charge in [0.2, 0.25) is 0 Å². The van der Waals surface area contributed by atoms with Gasteiger partial charge in [0.1, 0.15) is 12.2 Å². The van der Waals surface area contributed by atoms with E-state index in [4.69, 9.17) is 4.74 Å². The molecular formula is C28H31NO5. The van der Waals surface area contributed by atoms with E-state index >= 15 is 0 Å². The third kappa shape index (κ3) is 2.50. The SMILES string of the molecule is C[C@]12CC=C3C=C4[C@H](O)[C@@H](O)[C@@H](O)C[C@]45CCC3(O5)[C@@H]1C[C@@H](O)[C@@H]2c1ccc2ccncc2c1. The van der Waals surface area contributed by atoms with E-state index in [0.29, 0.717) is 24.8 Å². The molecule has 2 spiro atoms. The standard InChI is InChI=1S/C28H31NO5/c1-26-6-4-18-11-19-24(32)25(33)21(31)13-27(19)7-8-28(18,34-27)22(26)12-20(30)23(26)16-3-2-15-5-9-29-14-17(15)10-16/h2-5,9-11,14,20-25,30-33H,6-8,12-13H2,1H3/t20-,21+,22-,23+,24+,25+,26+,27-,28?/m1/s1. The maximum atomic E-state index is 11.5. The Labute approximate surface area is 198 Å². The highest BCUT2D eigenvalue weighted by Crippen LogP contribution is 2.69. The summed E-state index contributed by atoms with van der Waals surface area (Å²) in [6.07, 6.45) is 7.37. The molecule has 1 unspecified atom stereocenters. The normalized spacial score (nSPS) is 47.0. The number of hydrogen-bond donors (Lipinski definition) is 4. The molecule has 178 valence electrons. The Hall–Kier alpha value is -2.09. The van der Waals surface area contributed by atoms with Gasteiger partial charge in [-0.1, -0.05) is 31.2 Å². The van der Waals surface area contributed by atoms with Gasteiger partial charge in [-0.15, -0.1) is 0 Å². The molecule has 1 aromatic heterocycles. The van der Waals surface area contributed by atoms with Crippen molar-refractivity contribution < 1.29 is 25.2 Å². The molecule has 6 heteroatoms. The van der Waals surface area contributed by atoms with Gasteiger partial charge in [0.25, 0.3) is 0 Å². The van der Waals surface area contributed by atoms with E-state index in [2.05, 4.69) is 36.2 Å². The molecule has 1 saturated heterocycles. The number of benzene rings is 1. The van der Waals surface area contributed by atoms with E-state index in [1.807, 2.05) is 18.3 Å². The Balaban J connectivity index is 1.33. The average Bonchev–Trinajstić information content (AvgIpc) is 3.29. The number of rotatable bonds is 1. The second kappa shape index (κ2) is 6.77. The largest absolute Gasteiger partial charge is 0.392 e. The van der Waals surface area contributed by atoms with Crippen molar-refractivity contribution in [1.29, 1.82) is 0 Å². The van der Waals surface area contributed by atoms with Gasteiger partial charge >= 0.3 is 0 Å². The minimum Gasteiger partial charge on any atom is -0.392 e. The quantitative estimate of drug-likeness (QED) is 0.521. The highest BCUT2D eigenvalue weighted by molar-refractivity contribution is 5.82. The Morgan fingerprint density at radius 1 is 1.03 bits per heavy atom. The number of ether oxygens (including phenoxy) is 1. The summed E-state index contributed by atoms with van der Waals surface area (Å²) in [6, 6.07) is 8.44. The zero-order valence-corrected chi connectivity index (χ0v) is 19.3. The topological polar surface area (TPSA) is 103 Å². The number of nitrogens with zero attached hydrogens (tertiary/aromatic N) is 1. The van der Waals surface area contributed by atoms with Crippen LogP contribution in [-0.2, 0) is 4.74 Å². The molecule has 5 aliphatic rings. The molecule has 7 rings (SSSR count). The number of aromatic nitrogens is 1. The van der Waals surface area contributed by atoms with Gasteiger partial charge in [0, 0.05) is 36.0 Å². The first kappa shape index (κ1) is 21.2. The van der Waals surface area contributed by atoms with Gasteiger partial charge in [-0.25, -0.2) is 0 Å². The molecule has 2 aliphatic heterocycles. The third-order valence-electron chi connectivity index (χ3n) is 9.90. The fraction of sp³-hybridized carbons (Fsp3) is 0.536. The molecule has 4 N–H and O–H groups in total. The fourth-order valence-electron chi connectivity index (χ4n) is 8.34. The number of pyridine rings is 1. The molecule has 3 aliphatic carbocycles. The van der Waals surface area contributed by atoms with Crippen LogP contribution >= 0.6 is 0 Å². The lowest BCUT2D eigenvalue weighted by atomic mass is 9.58. The maximum absolute atomic E-state index is 11.5. The number of aliphatic hydroxyl groups is 4. The van der Waals surface area contributed by atoms with Crippen molar-refractivity contribution in [2.24, 2.45) is 11.3 Å². The predicted molar refractivity (Wildman–Crippen MR) is 126 cm³/mol. The zero-order valence-electron chi connectivity index (χ0n) is 19.3. The molecule has 2 aromatic rings. The van der Waals surface area contributed by atoms with E-state index in [0.717, 1.165) is 34.8 Å². The van der Waals surface area contributed by atoms with Crippen molar-refractivity contribution in [3.05, 3.63) is 65.5 Å². The highest BCUT2D eigenvalue weighted by atomic mass is 16.5. The van der Waals surface area contributed by atoms with Gasteiger partial charge in [0.15, 0.2) is 0 Å². The van der Waals surface area contributed by atoms with Crippen LogP contribution in [0, 0.1) is 11.3 Å². The Morgan fingerprint density at radius 3 is 2.74 bits per heavy atom. The van der Waals surface area contributed by atoms with Crippen molar-refractivity contribution in [2.45, 2.75) is 80.6 Å². The summed E-state index contributed by atoms with van der Waals surface area (Å²) >= 11 is 0. The Morgan fingerprint density at radius 2 is 1.88 bits per heavy atom. The highest BCUT2D eigenvalue weighted by Gasteiger charge is 2.69. The molecule has 3 heterocycles. The third-order valence-corrected chi connectivity index (χ3v) is 9.90. The predicted octanol–water partition coefficient (Wildman–Crippen LogP) is 2.75. The van der Waals surface area contributed by atoms with Crippen molar-refractivity contribution in [3.63, 3.8) is 0 Å². The van der Waals surface area contributed by atoms with Crippen LogP contribution in [-0.4, -0.2) is 61.0 Å². The summed E-state index contributed by atoms with van der Waals surface area (Å²) in [7, 11) is 0. The van der Waals surface area contributed by atoms with Crippen LogP contribution in [0.25, 0.3) is 10.8 Å². The maximum Gasteiger partial charge on any atom is 0.110 e. The lowest BCUT2D eigenvalue weighted by Crippen LogP contribution is -2.59. The Kier molecular flexibility index (Phi) is 4.22. The molecule has 0 amide bonds. The van der Waals surface area contributed by atoms with Gasteiger partial charge in [-0.05, 0) is 65.3 Å². The van der Waals surface area contributed by atoms with Crippen molar-refractivity contribution in [1.82, 2.24) is 4.98 Å². The van der Waals surface area contributed by atoms with Crippen LogP contribution in [0.5, 0.6) is 0 Å². The number of fused-ring (bicyclic) bond motifs is 2. The minimum atomic E-state index is -1.19. The van der Waals surface area contributed by atoms with Crippen molar-refractivity contribution in [2.75, 3.05) is 0 Å². The fourth-order valence-corrected chi connectivity index (χ4v) is 8.34. The summed E-state index contributed by atoms with van der Waals surface area (Å²) in [5, 5.41) is 45.2. The summed E-state index contributed by atoms with van der Waals surface area (Å²) in [5.74, 6) is 0.0899. The zero-order chi connectivity index (χ0) is 23.5. The molecule has 34 heavy (non-hydrogen) atoms. The van der Waals surface area contributed by atoms with Crippen LogP contribution in [0.2, 0.25) is 0 Å². The molecule has 9 atom stereocenters. The number of aliphatic hydroxyl groups excluding tert-OH is 4. The van der Waals surface area contributed by atoms with E-state index < -0.39 is 35.6 Å². The van der Waals surface area contributed by atoms with E-state index in [1.165, 1.54) is 0 Å². The second-order valence-electron chi connectivity index (χ2n) is 11.5. The second-order valence-corrected chi connectivity index (χ2v) is 11.5. The number of hydrogen-bond acceptors (Lipinski definition) is 6. The first-order valence-corrected chi connectivity index (χ1v) is 12.5. The van der Waals surface area contributed by atoms with E-state index in [1.54, 1.807) is 6.20 Å². The first-order valence-electron chi connectivity index (χ1n) is 12.5. The van der Waals surface area contributed by atoms with Gasteiger partial charge in [0.05, 0.1) is 23.4 Å².